The molecular weight excluding hydrogens is 451 g/mol. The fourth-order valence-corrected chi connectivity index (χ4v) is 4.49. The molecule has 0 atom stereocenters. The highest BCUT2D eigenvalue weighted by atomic mass is 19.4. The Bertz CT molecular complexity index is 1230. The lowest BCUT2D eigenvalue weighted by Gasteiger charge is -2.44. The van der Waals surface area contributed by atoms with Crippen LogP contribution in [-0.4, -0.2) is 51.8 Å². The van der Waals surface area contributed by atoms with Crippen molar-refractivity contribution in [3.05, 3.63) is 65.9 Å². The molecule has 7 nitrogen and oxygen atoms in total. The Morgan fingerprint density at radius 2 is 1.91 bits per heavy atom. The van der Waals surface area contributed by atoms with Crippen LogP contribution in [0.3, 0.4) is 0 Å². The van der Waals surface area contributed by atoms with Gasteiger partial charge in [0.1, 0.15) is 17.1 Å². The minimum absolute atomic E-state index is 0.0345. The van der Waals surface area contributed by atoms with Crippen LogP contribution in [0.25, 0.3) is 11.3 Å². The van der Waals surface area contributed by atoms with Crippen molar-refractivity contribution in [1.29, 1.82) is 0 Å². The molecule has 0 aliphatic carbocycles. The maximum Gasteiger partial charge on any atom is 0.573 e. The summed E-state index contributed by atoms with van der Waals surface area (Å²) < 4.78 is 47.5. The zero-order valence-corrected chi connectivity index (χ0v) is 17.9. The summed E-state index contributed by atoms with van der Waals surface area (Å²) in [5, 5.41) is 6.81. The number of hydrogen-bond acceptors (Lipinski definition) is 5. The number of carbonyl (C=O) groups is 2. The van der Waals surface area contributed by atoms with Crippen LogP contribution in [0, 0.1) is 0 Å². The molecule has 176 valence electrons. The number of H-pyrrole nitrogens is 1. The zero-order valence-electron chi connectivity index (χ0n) is 17.9. The molecule has 1 aromatic heterocycles. The Balaban J connectivity index is 1.28. The average molecular weight is 471 g/mol. The van der Waals surface area contributed by atoms with E-state index in [1.165, 1.54) is 6.07 Å². The highest BCUT2D eigenvalue weighted by Crippen LogP contribution is 2.41. The molecule has 0 unspecified atom stereocenters. The number of piperidine rings is 1. The third-order valence-corrected chi connectivity index (χ3v) is 6.18. The van der Waals surface area contributed by atoms with Gasteiger partial charge in [-0.05, 0) is 36.4 Å². The third-order valence-electron chi connectivity index (χ3n) is 6.18. The van der Waals surface area contributed by atoms with Gasteiger partial charge in [-0.2, -0.15) is 5.10 Å². The number of carbonyl (C=O) groups excluding carboxylic acids is 2. The second kappa shape index (κ2) is 8.19. The molecule has 1 N–H and O–H groups in total. The molecule has 3 heterocycles. The molecule has 34 heavy (non-hydrogen) atoms. The molecule has 1 spiro atoms. The van der Waals surface area contributed by atoms with Gasteiger partial charge < -0.3 is 14.4 Å². The first-order chi connectivity index (χ1) is 16.2. The predicted octanol–water partition coefficient (Wildman–Crippen LogP) is 4.62. The van der Waals surface area contributed by atoms with E-state index in [-0.39, 0.29) is 29.4 Å². The van der Waals surface area contributed by atoms with E-state index in [1.807, 2.05) is 18.2 Å². The van der Waals surface area contributed by atoms with Crippen LogP contribution < -0.4 is 9.47 Å². The van der Waals surface area contributed by atoms with E-state index < -0.39 is 17.7 Å². The highest BCUT2D eigenvalue weighted by molar-refractivity contribution is 6.01. The normalized spacial score (nSPS) is 17.3. The van der Waals surface area contributed by atoms with E-state index in [1.54, 1.807) is 23.2 Å². The summed E-state index contributed by atoms with van der Waals surface area (Å²) in [7, 11) is 0. The monoisotopic (exact) mass is 471 g/mol. The first-order valence-corrected chi connectivity index (χ1v) is 10.7. The summed E-state index contributed by atoms with van der Waals surface area (Å²) in [5.41, 5.74) is 1.49. The third kappa shape index (κ3) is 4.35. The Morgan fingerprint density at radius 3 is 2.62 bits per heavy atom. The largest absolute Gasteiger partial charge is 0.573 e. The minimum Gasteiger partial charge on any atom is -0.486 e. The number of nitrogens with one attached hydrogen (secondary N) is 1. The number of aromatic amines is 1. The van der Waals surface area contributed by atoms with Gasteiger partial charge in [0.25, 0.3) is 5.91 Å². The van der Waals surface area contributed by atoms with Crippen LogP contribution in [0.1, 0.15) is 40.0 Å². The van der Waals surface area contributed by atoms with Gasteiger partial charge in [0.2, 0.25) is 0 Å². The number of fused-ring (bicyclic) bond motifs is 1. The lowest BCUT2D eigenvalue weighted by molar-refractivity contribution is -0.274. The van der Waals surface area contributed by atoms with Crippen LogP contribution in [0.15, 0.2) is 54.7 Å². The maximum atomic E-state index is 13.1. The molecule has 0 bridgehead atoms. The van der Waals surface area contributed by atoms with E-state index in [0.29, 0.717) is 31.5 Å². The van der Waals surface area contributed by atoms with Crippen LogP contribution in [0.2, 0.25) is 0 Å². The molecule has 2 aliphatic rings. The van der Waals surface area contributed by atoms with Crippen LogP contribution >= 0.6 is 0 Å². The smallest absolute Gasteiger partial charge is 0.486 e. The van der Waals surface area contributed by atoms with Crippen molar-refractivity contribution in [2.45, 2.75) is 31.2 Å². The summed E-state index contributed by atoms with van der Waals surface area (Å²) in [6, 6.07) is 12.6. The van der Waals surface area contributed by atoms with Crippen molar-refractivity contribution in [2.24, 2.45) is 0 Å². The summed E-state index contributed by atoms with van der Waals surface area (Å²) in [5.74, 6) is -0.650. The number of Topliss-reactive ketones (excluding diaryl/α,β-unsaturated/α-hetero) is 1. The van der Waals surface area contributed by atoms with Crippen molar-refractivity contribution in [3.63, 3.8) is 0 Å². The standard InChI is InChI=1S/C24H20F3N3O4/c25-24(26,27)33-17-4-5-21-18(13-17)20(31)14-23(34-21)7-10-30(11-8-23)22(32)16-3-1-2-15(12-16)19-6-9-28-29-19/h1-6,9,12-13H,7-8,10-11,14H2,(H,28,29). The number of aromatic nitrogens is 2. The number of ether oxygens (including phenoxy) is 2. The summed E-state index contributed by atoms with van der Waals surface area (Å²) >= 11 is 0. The fourth-order valence-electron chi connectivity index (χ4n) is 4.49. The van der Waals surface area contributed by atoms with Gasteiger partial charge in [0.15, 0.2) is 5.78 Å². The van der Waals surface area contributed by atoms with Crippen LogP contribution in [0.5, 0.6) is 11.5 Å². The van der Waals surface area contributed by atoms with Crippen molar-refractivity contribution in [1.82, 2.24) is 15.1 Å². The van der Waals surface area contributed by atoms with Crippen LogP contribution in [-0.2, 0) is 0 Å². The minimum atomic E-state index is -4.84. The van der Waals surface area contributed by atoms with Gasteiger partial charge in [-0.25, -0.2) is 0 Å². The van der Waals surface area contributed by atoms with Crippen molar-refractivity contribution in [3.8, 4) is 22.8 Å². The van der Waals surface area contributed by atoms with Gasteiger partial charge in [-0.1, -0.05) is 12.1 Å². The molecule has 3 aromatic rings. The summed E-state index contributed by atoms with van der Waals surface area (Å²) in [6.45, 7) is 0.788. The number of rotatable bonds is 3. The van der Waals surface area contributed by atoms with Crippen molar-refractivity contribution >= 4 is 11.7 Å². The second-order valence-electron chi connectivity index (χ2n) is 8.43. The SMILES string of the molecule is O=C1CC2(CCN(C(=O)c3cccc(-c4ccn[nH]4)c3)CC2)Oc2ccc(OC(F)(F)F)cc21. The van der Waals surface area contributed by atoms with Crippen molar-refractivity contribution in [2.75, 3.05) is 13.1 Å². The quantitative estimate of drug-likeness (QED) is 0.603. The number of halogens is 3. The molecule has 2 aliphatic heterocycles. The molecule has 1 fully saturated rings. The Morgan fingerprint density at radius 1 is 1.12 bits per heavy atom. The van der Waals surface area contributed by atoms with Crippen molar-refractivity contribution < 1.29 is 32.2 Å². The first-order valence-electron chi connectivity index (χ1n) is 10.7. The van der Waals surface area contributed by atoms with Gasteiger partial charge >= 0.3 is 6.36 Å². The highest BCUT2D eigenvalue weighted by Gasteiger charge is 2.44. The Hall–Kier alpha value is -3.82. The van der Waals surface area contributed by atoms with E-state index in [4.69, 9.17) is 4.74 Å². The fraction of sp³-hybridized carbons (Fsp3) is 0.292. The van der Waals surface area contributed by atoms with Crippen LogP contribution in [0.4, 0.5) is 13.2 Å². The van der Waals surface area contributed by atoms with E-state index in [9.17, 15) is 22.8 Å². The molecule has 0 radical (unpaired) electrons. The lowest BCUT2D eigenvalue weighted by Crippen LogP contribution is -2.52. The first kappa shape index (κ1) is 22.0. The number of nitrogens with zero attached hydrogens (tertiary/aromatic N) is 2. The van der Waals surface area contributed by atoms with Gasteiger partial charge in [0, 0.05) is 43.3 Å². The van der Waals surface area contributed by atoms with Gasteiger partial charge in [-0.3, -0.25) is 14.7 Å². The number of ketones is 1. The molecule has 1 saturated heterocycles. The Labute approximate surface area is 192 Å². The number of hydrogen-bond donors (Lipinski definition) is 1. The predicted molar refractivity (Wildman–Crippen MR) is 115 cm³/mol. The average Bonchev–Trinajstić information content (AvgIpc) is 3.34. The zero-order chi connectivity index (χ0) is 23.9. The number of amides is 1. The van der Waals surface area contributed by atoms with E-state index in [2.05, 4.69) is 14.9 Å². The number of likely N-dealkylation sites (tertiary alicyclic amines) is 1. The molecule has 10 heteroatoms. The molecule has 5 rings (SSSR count). The van der Waals surface area contributed by atoms with Gasteiger partial charge in [-0.15, -0.1) is 13.2 Å². The summed E-state index contributed by atoms with van der Waals surface area (Å²) in [6.07, 6.45) is -2.30. The molecular formula is C24H20F3N3O4. The molecule has 1 amide bonds. The van der Waals surface area contributed by atoms with E-state index in [0.717, 1.165) is 23.4 Å². The Kier molecular flexibility index (Phi) is 5.30. The van der Waals surface area contributed by atoms with Gasteiger partial charge in [0.05, 0.1) is 17.7 Å². The second-order valence-corrected chi connectivity index (χ2v) is 8.43. The molecule has 2 aromatic carbocycles. The van der Waals surface area contributed by atoms with E-state index >= 15 is 0 Å². The summed E-state index contributed by atoms with van der Waals surface area (Å²) in [4.78, 5) is 27.6. The lowest BCUT2D eigenvalue weighted by atomic mass is 9.82. The number of alkyl halides is 3. The number of benzene rings is 2. The molecule has 0 saturated carbocycles. The maximum absolute atomic E-state index is 13.1. The topological polar surface area (TPSA) is 84.5 Å².